The van der Waals surface area contributed by atoms with Crippen LogP contribution in [-0.2, 0) is 11.3 Å². The first kappa shape index (κ1) is 18.1. The van der Waals surface area contributed by atoms with Gasteiger partial charge < -0.3 is 10.6 Å². The molecule has 21 heavy (non-hydrogen) atoms. The van der Waals surface area contributed by atoms with E-state index in [9.17, 15) is 4.79 Å². The van der Waals surface area contributed by atoms with Crippen molar-refractivity contribution in [3.05, 3.63) is 29.8 Å². The van der Waals surface area contributed by atoms with E-state index in [1.54, 1.807) is 11.8 Å². The average molecular weight is 308 g/mol. The van der Waals surface area contributed by atoms with Gasteiger partial charge >= 0.3 is 0 Å². The Hall–Kier alpha value is -1.00. The highest BCUT2D eigenvalue weighted by atomic mass is 32.2. The van der Waals surface area contributed by atoms with Crippen LogP contribution in [0.2, 0.25) is 0 Å². The second kappa shape index (κ2) is 9.85. The van der Waals surface area contributed by atoms with Crippen LogP contribution in [0.5, 0.6) is 0 Å². The number of hydrogen-bond donors (Lipinski definition) is 2. The Balaban J connectivity index is 2.49. The zero-order valence-electron chi connectivity index (χ0n) is 13.6. The summed E-state index contributed by atoms with van der Waals surface area (Å²) in [6.07, 6.45) is 0.972. The van der Waals surface area contributed by atoms with Crippen molar-refractivity contribution in [2.75, 3.05) is 13.1 Å². The number of rotatable bonds is 9. The molecule has 0 spiro atoms. The van der Waals surface area contributed by atoms with Gasteiger partial charge in [-0.15, -0.1) is 11.8 Å². The summed E-state index contributed by atoms with van der Waals surface area (Å²) in [5, 5.41) is 6.33. The molecular weight excluding hydrogens is 280 g/mol. The van der Waals surface area contributed by atoms with Gasteiger partial charge in [-0.2, -0.15) is 0 Å². The van der Waals surface area contributed by atoms with Gasteiger partial charge in [0, 0.05) is 18.0 Å². The number of hydrogen-bond acceptors (Lipinski definition) is 3. The number of nitrogens with one attached hydrogen (secondary N) is 2. The van der Waals surface area contributed by atoms with Crippen molar-refractivity contribution in [1.29, 1.82) is 0 Å². The molecular formula is C17H28N2OS. The lowest BCUT2D eigenvalue weighted by molar-refractivity contribution is -0.120. The molecule has 1 amide bonds. The summed E-state index contributed by atoms with van der Waals surface area (Å²) in [7, 11) is 0. The molecule has 0 radical (unpaired) electrons. The van der Waals surface area contributed by atoms with Gasteiger partial charge in [0.25, 0.3) is 0 Å². The Morgan fingerprint density at radius 3 is 2.71 bits per heavy atom. The summed E-state index contributed by atoms with van der Waals surface area (Å²) in [4.78, 5) is 13.0. The standard InChI is InChI=1S/C17H28N2OS/c1-5-9-19-17(20)14(4)21-16-8-6-7-15(10-16)12-18-11-13(2)3/h6-8,10,13-14,18H,5,9,11-12H2,1-4H3,(H,19,20). The van der Waals surface area contributed by atoms with Crippen LogP contribution in [-0.4, -0.2) is 24.2 Å². The lowest BCUT2D eigenvalue weighted by Crippen LogP contribution is -2.31. The van der Waals surface area contributed by atoms with Crippen LogP contribution in [0, 0.1) is 5.92 Å². The second-order valence-electron chi connectivity index (χ2n) is 5.72. The van der Waals surface area contributed by atoms with Crippen molar-refractivity contribution in [3.63, 3.8) is 0 Å². The highest BCUT2D eigenvalue weighted by molar-refractivity contribution is 8.00. The summed E-state index contributed by atoms with van der Waals surface area (Å²) in [5.74, 6) is 0.773. The largest absolute Gasteiger partial charge is 0.355 e. The Kier molecular flexibility index (Phi) is 8.47. The molecule has 1 aromatic rings. The topological polar surface area (TPSA) is 41.1 Å². The molecule has 1 atom stereocenters. The van der Waals surface area contributed by atoms with E-state index in [0.29, 0.717) is 5.92 Å². The van der Waals surface area contributed by atoms with Crippen LogP contribution in [0.3, 0.4) is 0 Å². The molecule has 0 heterocycles. The van der Waals surface area contributed by atoms with E-state index in [4.69, 9.17) is 0 Å². The molecule has 1 rings (SSSR count). The first-order valence-corrected chi connectivity index (χ1v) is 8.65. The monoisotopic (exact) mass is 308 g/mol. The fraction of sp³-hybridized carbons (Fsp3) is 0.588. The van der Waals surface area contributed by atoms with Gasteiger partial charge in [0.05, 0.1) is 5.25 Å². The Bertz CT molecular complexity index is 435. The fourth-order valence-electron chi connectivity index (χ4n) is 1.88. The van der Waals surface area contributed by atoms with Gasteiger partial charge in [0.2, 0.25) is 5.91 Å². The van der Waals surface area contributed by atoms with Crippen molar-refractivity contribution in [2.45, 2.75) is 50.8 Å². The first-order valence-electron chi connectivity index (χ1n) is 7.77. The lowest BCUT2D eigenvalue weighted by Gasteiger charge is -2.13. The van der Waals surface area contributed by atoms with Crippen molar-refractivity contribution in [2.24, 2.45) is 5.92 Å². The minimum absolute atomic E-state index is 0.0598. The molecule has 0 aliphatic heterocycles. The normalized spacial score (nSPS) is 12.4. The Labute approximate surface area is 133 Å². The van der Waals surface area contributed by atoms with Crippen LogP contribution in [0.15, 0.2) is 29.2 Å². The van der Waals surface area contributed by atoms with Gasteiger partial charge in [0.15, 0.2) is 0 Å². The predicted molar refractivity (Wildman–Crippen MR) is 91.6 cm³/mol. The van der Waals surface area contributed by atoms with Gasteiger partial charge in [-0.25, -0.2) is 0 Å². The zero-order valence-corrected chi connectivity index (χ0v) is 14.4. The molecule has 1 aromatic carbocycles. The number of carbonyl (C=O) groups is 1. The van der Waals surface area contributed by atoms with E-state index >= 15 is 0 Å². The molecule has 2 N–H and O–H groups in total. The molecule has 118 valence electrons. The number of thioether (sulfide) groups is 1. The van der Waals surface area contributed by atoms with Gasteiger partial charge in [0.1, 0.15) is 0 Å². The fourth-order valence-corrected chi connectivity index (χ4v) is 2.86. The predicted octanol–water partition coefficient (Wildman–Crippen LogP) is 3.44. The lowest BCUT2D eigenvalue weighted by atomic mass is 10.2. The van der Waals surface area contributed by atoms with Gasteiger partial charge in [-0.3, -0.25) is 4.79 Å². The molecule has 0 bridgehead atoms. The average Bonchev–Trinajstić information content (AvgIpc) is 2.44. The smallest absolute Gasteiger partial charge is 0.233 e. The molecule has 0 fully saturated rings. The third-order valence-corrected chi connectivity index (χ3v) is 4.11. The van der Waals surface area contributed by atoms with E-state index in [1.165, 1.54) is 5.56 Å². The number of benzene rings is 1. The Morgan fingerprint density at radius 2 is 2.05 bits per heavy atom. The molecule has 0 aliphatic carbocycles. The van der Waals surface area contributed by atoms with E-state index in [2.05, 4.69) is 55.7 Å². The highest BCUT2D eigenvalue weighted by Gasteiger charge is 2.13. The Morgan fingerprint density at radius 1 is 1.29 bits per heavy atom. The van der Waals surface area contributed by atoms with E-state index < -0.39 is 0 Å². The van der Waals surface area contributed by atoms with Crippen LogP contribution in [0.25, 0.3) is 0 Å². The van der Waals surface area contributed by atoms with Crippen molar-refractivity contribution >= 4 is 17.7 Å². The summed E-state index contributed by atoms with van der Waals surface area (Å²) in [6, 6.07) is 8.42. The molecule has 3 nitrogen and oxygen atoms in total. The quantitative estimate of drug-likeness (QED) is 0.687. The summed E-state index contributed by atoms with van der Waals surface area (Å²) < 4.78 is 0. The maximum absolute atomic E-state index is 11.9. The maximum atomic E-state index is 11.9. The summed E-state index contributed by atoms with van der Waals surface area (Å²) in [6.45, 7) is 11.1. The second-order valence-corrected chi connectivity index (χ2v) is 7.14. The van der Waals surface area contributed by atoms with E-state index in [-0.39, 0.29) is 11.2 Å². The highest BCUT2D eigenvalue weighted by Crippen LogP contribution is 2.24. The van der Waals surface area contributed by atoms with Gasteiger partial charge in [-0.1, -0.05) is 32.9 Å². The SMILES string of the molecule is CCCNC(=O)C(C)Sc1cccc(CNCC(C)C)c1. The van der Waals surface area contributed by atoms with Crippen LogP contribution >= 0.6 is 11.8 Å². The van der Waals surface area contributed by atoms with Crippen LogP contribution in [0.1, 0.15) is 39.7 Å². The van der Waals surface area contributed by atoms with Crippen molar-refractivity contribution in [3.8, 4) is 0 Å². The van der Waals surface area contributed by atoms with Crippen molar-refractivity contribution < 1.29 is 4.79 Å². The number of carbonyl (C=O) groups excluding carboxylic acids is 1. The summed E-state index contributed by atoms with van der Waals surface area (Å²) >= 11 is 1.62. The third kappa shape index (κ3) is 7.53. The minimum Gasteiger partial charge on any atom is -0.355 e. The molecule has 0 saturated heterocycles. The summed E-state index contributed by atoms with van der Waals surface area (Å²) in [5.41, 5.74) is 1.27. The third-order valence-electron chi connectivity index (χ3n) is 3.01. The van der Waals surface area contributed by atoms with Crippen molar-refractivity contribution in [1.82, 2.24) is 10.6 Å². The number of amides is 1. The molecule has 1 unspecified atom stereocenters. The van der Waals surface area contributed by atoms with Crippen LogP contribution in [0.4, 0.5) is 0 Å². The molecule has 0 aliphatic rings. The minimum atomic E-state index is -0.0598. The molecule has 0 aromatic heterocycles. The molecule has 4 heteroatoms. The van der Waals surface area contributed by atoms with E-state index in [0.717, 1.165) is 31.0 Å². The van der Waals surface area contributed by atoms with Gasteiger partial charge in [-0.05, 0) is 43.5 Å². The zero-order chi connectivity index (χ0) is 15.7. The maximum Gasteiger partial charge on any atom is 0.233 e. The molecule has 0 saturated carbocycles. The van der Waals surface area contributed by atoms with Crippen LogP contribution < -0.4 is 10.6 Å². The van der Waals surface area contributed by atoms with E-state index in [1.807, 2.05) is 6.92 Å². The first-order chi connectivity index (χ1) is 10.0.